The van der Waals surface area contributed by atoms with E-state index < -0.39 is 0 Å². The molecule has 1 aromatic heterocycles. The monoisotopic (exact) mass is 197 g/mol. The van der Waals surface area contributed by atoms with Crippen LogP contribution in [-0.2, 0) is 0 Å². The Balaban J connectivity index is 2.75. The van der Waals surface area contributed by atoms with Crippen LogP contribution in [0, 0.1) is 0 Å². The summed E-state index contributed by atoms with van der Waals surface area (Å²) >= 11 is 5.81. The fraction of sp³-hybridized carbons (Fsp3) is 0.125. The number of ether oxygens (including phenoxy) is 1. The van der Waals surface area contributed by atoms with Gasteiger partial charge in [0.2, 0.25) is 0 Å². The Morgan fingerprint density at radius 3 is 3.00 bits per heavy atom. The van der Waals surface area contributed by atoms with Crippen molar-refractivity contribution < 1.29 is 4.74 Å². The fourth-order valence-electron chi connectivity index (χ4n) is 1.18. The summed E-state index contributed by atoms with van der Waals surface area (Å²) in [5, 5.41) is 0.580. The third-order valence-corrected chi connectivity index (χ3v) is 1.97. The van der Waals surface area contributed by atoms with Gasteiger partial charge in [0.05, 0.1) is 18.3 Å². The number of fused-ring (bicyclic) bond motifs is 1. The molecule has 0 fully saturated rings. The number of hydrogen-bond acceptors (Lipinski definition) is 3. The Labute approximate surface area is 79.7 Å². The van der Waals surface area contributed by atoms with E-state index in [-0.39, 0.29) is 0 Å². The molecule has 0 bridgehead atoms. The summed E-state index contributed by atoms with van der Waals surface area (Å²) in [4.78, 5) is 7.04. The van der Waals surface area contributed by atoms with Crippen LogP contribution < -0.4 is 10.5 Å². The lowest BCUT2D eigenvalue weighted by atomic mass is 10.3. The number of nitrogens with two attached hydrogens (primary N) is 1. The van der Waals surface area contributed by atoms with E-state index in [0.29, 0.717) is 22.2 Å². The first-order valence-electron chi connectivity index (χ1n) is 3.69. The zero-order valence-corrected chi connectivity index (χ0v) is 7.72. The lowest BCUT2D eigenvalue weighted by Gasteiger charge is -1.94. The second-order valence-corrected chi connectivity index (χ2v) is 3.07. The topological polar surface area (TPSA) is 63.9 Å². The van der Waals surface area contributed by atoms with Crippen LogP contribution in [0.25, 0.3) is 11.0 Å². The molecule has 0 unspecified atom stereocenters. The molecule has 0 amide bonds. The Morgan fingerprint density at radius 1 is 1.54 bits per heavy atom. The minimum Gasteiger partial charge on any atom is -0.468 e. The van der Waals surface area contributed by atoms with Crippen molar-refractivity contribution in [3.8, 4) is 6.01 Å². The summed E-state index contributed by atoms with van der Waals surface area (Å²) in [5.74, 6) is 0. The first-order chi connectivity index (χ1) is 6.20. The van der Waals surface area contributed by atoms with Gasteiger partial charge in [-0.05, 0) is 12.1 Å². The first-order valence-corrected chi connectivity index (χ1v) is 4.07. The SMILES string of the molecule is COc1nc2c(N)cc(Cl)cc2[nH]1. The van der Waals surface area contributed by atoms with Gasteiger partial charge in [-0.1, -0.05) is 11.6 Å². The average Bonchev–Trinajstić information content (AvgIpc) is 2.47. The predicted molar refractivity (Wildman–Crippen MR) is 52.1 cm³/mol. The molecule has 0 saturated heterocycles. The van der Waals surface area contributed by atoms with Crippen molar-refractivity contribution in [1.82, 2.24) is 9.97 Å². The zero-order valence-electron chi connectivity index (χ0n) is 6.97. The van der Waals surface area contributed by atoms with E-state index in [4.69, 9.17) is 22.1 Å². The Morgan fingerprint density at radius 2 is 2.31 bits per heavy atom. The number of rotatable bonds is 1. The van der Waals surface area contributed by atoms with Gasteiger partial charge in [-0.3, -0.25) is 0 Å². The highest BCUT2D eigenvalue weighted by Gasteiger charge is 2.06. The average molecular weight is 198 g/mol. The van der Waals surface area contributed by atoms with Crippen LogP contribution in [0.2, 0.25) is 5.02 Å². The summed E-state index contributed by atoms with van der Waals surface area (Å²) in [6, 6.07) is 3.84. The molecule has 13 heavy (non-hydrogen) atoms. The molecule has 4 nitrogen and oxygen atoms in total. The van der Waals surface area contributed by atoms with Crippen LogP contribution in [0.5, 0.6) is 6.01 Å². The summed E-state index contributed by atoms with van der Waals surface area (Å²) in [6.07, 6.45) is 0. The third kappa shape index (κ3) is 1.29. The molecule has 0 saturated carbocycles. The highest BCUT2D eigenvalue weighted by atomic mass is 35.5. The zero-order chi connectivity index (χ0) is 9.42. The van der Waals surface area contributed by atoms with E-state index in [9.17, 15) is 0 Å². The molecule has 1 heterocycles. The number of H-pyrrole nitrogens is 1. The fourth-order valence-corrected chi connectivity index (χ4v) is 1.41. The van der Waals surface area contributed by atoms with Gasteiger partial charge in [0.15, 0.2) is 0 Å². The summed E-state index contributed by atoms with van der Waals surface area (Å²) in [5.41, 5.74) is 7.71. The number of nitrogens with one attached hydrogen (secondary N) is 1. The predicted octanol–water partition coefficient (Wildman–Crippen LogP) is 1.81. The molecule has 0 aliphatic rings. The van der Waals surface area contributed by atoms with Crippen LogP contribution in [0.4, 0.5) is 5.69 Å². The van der Waals surface area contributed by atoms with Crippen molar-refractivity contribution in [2.24, 2.45) is 0 Å². The van der Waals surface area contributed by atoms with E-state index in [2.05, 4.69) is 9.97 Å². The van der Waals surface area contributed by atoms with Gasteiger partial charge in [-0.25, -0.2) is 0 Å². The number of halogens is 1. The van der Waals surface area contributed by atoms with Gasteiger partial charge in [0.1, 0.15) is 5.52 Å². The molecule has 3 N–H and O–H groups in total. The maximum atomic E-state index is 5.81. The molecule has 2 rings (SSSR count). The van der Waals surface area contributed by atoms with Crippen LogP contribution in [0.15, 0.2) is 12.1 Å². The number of benzene rings is 1. The third-order valence-electron chi connectivity index (χ3n) is 1.75. The van der Waals surface area contributed by atoms with Crippen molar-refractivity contribution in [2.75, 3.05) is 12.8 Å². The van der Waals surface area contributed by atoms with Gasteiger partial charge in [0, 0.05) is 5.02 Å². The number of methoxy groups -OCH3 is 1. The van der Waals surface area contributed by atoms with E-state index in [0.717, 1.165) is 5.52 Å². The molecule has 2 aromatic rings. The van der Waals surface area contributed by atoms with Crippen molar-refractivity contribution >= 4 is 28.3 Å². The molecule has 1 aromatic carbocycles. The van der Waals surface area contributed by atoms with Gasteiger partial charge < -0.3 is 15.5 Å². The lowest BCUT2D eigenvalue weighted by Crippen LogP contribution is -1.86. The second-order valence-electron chi connectivity index (χ2n) is 2.64. The number of hydrogen-bond donors (Lipinski definition) is 2. The molecule has 0 spiro atoms. The van der Waals surface area contributed by atoms with Crippen LogP contribution in [0.3, 0.4) is 0 Å². The Bertz CT molecular complexity index is 452. The largest absolute Gasteiger partial charge is 0.468 e. The molecule has 68 valence electrons. The highest BCUT2D eigenvalue weighted by Crippen LogP contribution is 2.25. The van der Waals surface area contributed by atoms with Gasteiger partial charge in [-0.15, -0.1) is 0 Å². The summed E-state index contributed by atoms with van der Waals surface area (Å²) < 4.78 is 4.93. The molecule has 0 atom stereocenters. The van der Waals surface area contributed by atoms with Crippen LogP contribution in [-0.4, -0.2) is 17.1 Å². The summed E-state index contributed by atoms with van der Waals surface area (Å²) in [6.45, 7) is 0. The van der Waals surface area contributed by atoms with Crippen molar-refractivity contribution in [1.29, 1.82) is 0 Å². The maximum Gasteiger partial charge on any atom is 0.294 e. The Hall–Kier alpha value is -1.42. The molecule has 0 radical (unpaired) electrons. The number of nitrogen functional groups attached to an aromatic ring is 1. The van der Waals surface area contributed by atoms with Gasteiger partial charge >= 0.3 is 0 Å². The number of nitrogens with zero attached hydrogens (tertiary/aromatic N) is 1. The number of anilines is 1. The summed E-state index contributed by atoms with van der Waals surface area (Å²) in [7, 11) is 1.54. The van der Waals surface area contributed by atoms with Gasteiger partial charge in [-0.2, -0.15) is 4.98 Å². The molecule has 0 aliphatic heterocycles. The molecule has 5 heteroatoms. The first kappa shape index (κ1) is 8.19. The number of aromatic nitrogens is 2. The van der Waals surface area contributed by atoms with Gasteiger partial charge in [0.25, 0.3) is 6.01 Å². The minimum atomic E-state index is 0.434. The van der Waals surface area contributed by atoms with E-state index in [1.165, 1.54) is 7.11 Å². The number of imidazole rings is 1. The smallest absolute Gasteiger partial charge is 0.294 e. The van der Waals surface area contributed by atoms with Crippen molar-refractivity contribution in [3.05, 3.63) is 17.2 Å². The van der Waals surface area contributed by atoms with Crippen molar-refractivity contribution in [3.63, 3.8) is 0 Å². The molecular weight excluding hydrogens is 190 g/mol. The lowest BCUT2D eigenvalue weighted by molar-refractivity contribution is 0.386. The van der Waals surface area contributed by atoms with E-state index in [1.807, 2.05) is 0 Å². The quantitative estimate of drug-likeness (QED) is 0.686. The maximum absolute atomic E-state index is 5.81. The Kier molecular flexibility index (Phi) is 1.77. The second kappa shape index (κ2) is 2.81. The number of aromatic amines is 1. The van der Waals surface area contributed by atoms with Crippen molar-refractivity contribution in [2.45, 2.75) is 0 Å². The van der Waals surface area contributed by atoms with E-state index >= 15 is 0 Å². The standard InChI is InChI=1S/C8H8ClN3O/c1-13-8-11-6-3-4(9)2-5(10)7(6)12-8/h2-3H,10H2,1H3,(H,11,12). The molecular formula is C8H8ClN3O. The van der Waals surface area contributed by atoms with Crippen LogP contribution >= 0.6 is 11.6 Å². The normalized spacial score (nSPS) is 10.6. The minimum absolute atomic E-state index is 0.434. The van der Waals surface area contributed by atoms with E-state index in [1.54, 1.807) is 12.1 Å². The van der Waals surface area contributed by atoms with Crippen LogP contribution in [0.1, 0.15) is 0 Å². The molecule has 0 aliphatic carbocycles. The highest BCUT2D eigenvalue weighted by molar-refractivity contribution is 6.31.